The minimum absolute atomic E-state index is 0.223. The zero-order valence-electron chi connectivity index (χ0n) is 9.80. The molecule has 1 rings (SSSR count). The SMILES string of the molecule is C=C(C)[C@H]1CN[C@@H](C(C)(C)C)C[C@@H]1O. The summed E-state index contributed by atoms with van der Waals surface area (Å²) in [4.78, 5) is 0. The van der Waals surface area contributed by atoms with E-state index >= 15 is 0 Å². The number of nitrogens with one attached hydrogen (secondary N) is 1. The summed E-state index contributed by atoms with van der Waals surface area (Å²) in [6, 6.07) is 0.410. The molecule has 0 aromatic carbocycles. The average Bonchev–Trinajstić information content (AvgIpc) is 2.01. The van der Waals surface area contributed by atoms with Crippen molar-refractivity contribution in [3.63, 3.8) is 0 Å². The highest BCUT2D eigenvalue weighted by Crippen LogP contribution is 2.30. The van der Waals surface area contributed by atoms with Gasteiger partial charge in [0.25, 0.3) is 0 Å². The van der Waals surface area contributed by atoms with Gasteiger partial charge in [-0.2, -0.15) is 0 Å². The van der Waals surface area contributed by atoms with Gasteiger partial charge in [0.2, 0.25) is 0 Å². The summed E-state index contributed by atoms with van der Waals surface area (Å²) in [5.41, 5.74) is 1.30. The first-order valence-electron chi connectivity index (χ1n) is 5.39. The zero-order valence-corrected chi connectivity index (χ0v) is 9.80. The largest absolute Gasteiger partial charge is 0.392 e. The van der Waals surface area contributed by atoms with Gasteiger partial charge < -0.3 is 10.4 Å². The Morgan fingerprint density at radius 1 is 1.43 bits per heavy atom. The van der Waals surface area contributed by atoms with E-state index in [1.165, 1.54) is 0 Å². The van der Waals surface area contributed by atoms with Gasteiger partial charge in [0, 0.05) is 18.5 Å². The predicted octanol–water partition coefficient (Wildman–Crippen LogP) is 1.95. The molecular formula is C12H23NO. The van der Waals surface area contributed by atoms with Crippen molar-refractivity contribution in [2.75, 3.05) is 6.54 Å². The number of hydrogen-bond acceptors (Lipinski definition) is 2. The molecule has 0 aromatic rings. The predicted molar refractivity (Wildman–Crippen MR) is 60.2 cm³/mol. The van der Waals surface area contributed by atoms with Crippen molar-refractivity contribution < 1.29 is 5.11 Å². The van der Waals surface area contributed by atoms with Gasteiger partial charge in [-0.15, -0.1) is 0 Å². The summed E-state index contributed by atoms with van der Waals surface area (Å²) < 4.78 is 0. The van der Waals surface area contributed by atoms with Gasteiger partial charge in [-0.05, 0) is 18.8 Å². The molecule has 1 aliphatic heterocycles. The number of piperidine rings is 1. The van der Waals surface area contributed by atoms with Crippen molar-refractivity contribution in [2.24, 2.45) is 11.3 Å². The van der Waals surface area contributed by atoms with Crippen LogP contribution < -0.4 is 5.32 Å². The second-order valence-corrected chi connectivity index (χ2v) is 5.58. The molecular weight excluding hydrogens is 174 g/mol. The Morgan fingerprint density at radius 2 is 2.00 bits per heavy atom. The number of aliphatic hydroxyl groups excluding tert-OH is 1. The summed E-state index contributed by atoms with van der Waals surface area (Å²) in [6.45, 7) is 13.4. The highest BCUT2D eigenvalue weighted by Gasteiger charge is 2.34. The average molecular weight is 197 g/mol. The maximum atomic E-state index is 9.97. The van der Waals surface area contributed by atoms with Crippen LogP contribution in [0.3, 0.4) is 0 Å². The van der Waals surface area contributed by atoms with Crippen LogP contribution in [0.15, 0.2) is 12.2 Å². The topological polar surface area (TPSA) is 32.3 Å². The fourth-order valence-electron chi connectivity index (χ4n) is 2.06. The van der Waals surface area contributed by atoms with Crippen molar-refractivity contribution >= 4 is 0 Å². The minimum Gasteiger partial charge on any atom is -0.392 e. The van der Waals surface area contributed by atoms with Gasteiger partial charge in [-0.3, -0.25) is 0 Å². The Kier molecular flexibility index (Phi) is 3.38. The summed E-state index contributed by atoms with van der Waals surface area (Å²) >= 11 is 0. The summed E-state index contributed by atoms with van der Waals surface area (Å²) in [7, 11) is 0. The normalized spacial score (nSPS) is 34.2. The van der Waals surface area contributed by atoms with Gasteiger partial charge in [-0.25, -0.2) is 0 Å². The van der Waals surface area contributed by atoms with Crippen LogP contribution in [-0.2, 0) is 0 Å². The molecule has 3 atom stereocenters. The second kappa shape index (κ2) is 4.03. The van der Waals surface area contributed by atoms with E-state index in [2.05, 4.69) is 32.7 Å². The lowest BCUT2D eigenvalue weighted by Crippen LogP contribution is -2.52. The quantitative estimate of drug-likeness (QED) is 0.630. The summed E-state index contributed by atoms with van der Waals surface area (Å²) in [5, 5.41) is 13.5. The summed E-state index contributed by atoms with van der Waals surface area (Å²) in [5.74, 6) is 0.230. The molecule has 1 saturated heterocycles. The van der Waals surface area contributed by atoms with Crippen LogP contribution in [-0.4, -0.2) is 23.8 Å². The van der Waals surface area contributed by atoms with E-state index in [0.717, 1.165) is 18.5 Å². The van der Waals surface area contributed by atoms with Crippen molar-refractivity contribution in [3.8, 4) is 0 Å². The Bertz CT molecular complexity index is 217. The van der Waals surface area contributed by atoms with E-state index in [9.17, 15) is 5.11 Å². The van der Waals surface area contributed by atoms with Crippen molar-refractivity contribution in [1.82, 2.24) is 5.32 Å². The fourth-order valence-corrected chi connectivity index (χ4v) is 2.06. The molecule has 0 aromatic heterocycles. The molecule has 2 nitrogen and oxygen atoms in total. The maximum absolute atomic E-state index is 9.97. The third kappa shape index (κ3) is 2.58. The maximum Gasteiger partial charge on any atom is 0.0632 e. The molecule has 2 N–H and O–H groups in total. The first kappa shape index (κ1) is 11.7. The van der Waals surface area contributed by atoms with Gasteiger partial charge in [0.05, 0.1) is 6.10 Å². The Morgan fingerprint density at radius 3 is 2.36 bits per heavy atom. The van der Waals surface area contributed by atoms with Gasteiger partial charge in [0.1, 0.15) is 0 Å². The van der Waals surface area contributed by atoms with E-state index in [1.807, 2.05) is 6.92 Å². The number of aliphatic hydroxyl groups is 1. The lowest BCUT2D eigenvalue weighted by molar-refractivity contribution is 0.0499. The molecule has 0 spiro atoms. The molecule has 2 heteroatoms. The monoisotopic (exact) mass is 197 g/mol. The zero-order chi connectivity index (χ0) is 10.9. The molecule has 0 aliphatic carbocycles. The van der Waals surface area contributed by atoms with Crippen LogP contribution in [0, 0.1) is 11.3 Å². The second-order valence-electron chi connectivity index (χ2n) is 5.58. The van der Waals surface area contributed by atoms with Crippen LogP contribution >= 0.6 is 0 Å². The molecule has 0 bridgehead atoms. The molecule has 1 aliphatic rings. The fraction of sp³-hybridized carbons (Fsp3) is 0.833. The lowest BCUT2D eigenvalue weighted by atomic mass is 9.77. The molecule has 82 valence electrons. The molecule has 1 heterocycles. The first-order valence-corrected chi connectivity index (χ1v) is 5.39. The molecule has 0 amide bonds. The van der Waals surface area contributed by atoms with Crippen LogP contribution in [0.2, 0.25) is 0 Å². The lowest BCUT2D eigenvalue weighted by Gasteiger charge is -2.41. The van der Waals surface area contributed by atoms with Crippen molar-refractivity contribution in [3.05, 3.63) is 12.2 Å². The number of hydrogen-bond donors (Lipinski definition) is 2. The van der Waals surface area contributed by atoms with Gasteiger partial charge in [0.15, 0.2) is 0 Å². The highest BCUT2D eigenvalue weighted by atomic mass is 16.3. The van der Waals surface area contributed by atoms with Gasteiger partial charge in [-0.1, -0.05) is 32.9 Å². The van der Waals surface area contributed by atoms with Crippen LogP contribution in [0.4, 0.5) is 0 Å². The van der Waals surface area contributed by atoms with Crippen LogP contribution in [0.1, 0.15) is 34.1 Å². The van der Waals surface area contributed by atoms with Crippen LogP contribution in [0.25, 0.3) is 0 Å². The van der Waals surface area contributed by atoms with E-state index in [-0.39, 0.29) is 17.4 Å². The number of rotatable bonds is 1. The van der Waals surface area contributed by atoms with Crippen molar-refractivity contribution in [2.45, 2.75) is 46.3 Å². The first-order chi connectivity index (χ1) is 6.32. The third-order valence-corrected chi connectivity index (χ3v) is 3.20. The molecule has 0 saturated carbocycles. The van der Waals surface area contributed by atoms with E-state index in [4.69, 9.17) is 0 Å². The Labute approximate surface area is 87.4 Å². The molecule has 0 unspecified atom stereocenters. The van der Waals surface area contributed by atoms with Gasteiger partial charge >= 0.3 is 0 Å². The van der Waals surface area contributed by atoms with E-state index < -0.39 is 0 Å². The molecule has 0 radical (unpaired) electrons. The van der Waals surface area contributed by atoms with Crippen molar-refractivity contribution in [1.29, 1.82) is 0 Å². The smallest absolute Gasteiger partial charge is 0.0632 e. The van der Waals surface area contributed by atoms with Crippen LogP contribution in [0.5, 0.6) is 0 Å². The standard InChI is InChI=1S/C12H23NO/c1-8(2)9-7-13-11(6-10(9)14)12(3,4)5/h9-11,13-14H,1,6-7H2,2-5H3/t9-,10+,11-/m1/s1. The minimum atomic E-state index is -0.224. The Hall–Kier alpha value is -0.340. The Balaban J connectivity index is 2.60. The van der Waals surface area contributed by atoms with E-state index in [1.54, 1.807) is 0 Å². The highest BCUT2D eigenvalue weighted by molar-refractivity contribution is 5.05. The van der Waals surface area contributed by atoms with E-state index in [0.29, 0.717) is 6.04 Å². The molecule has 14 heavy (non-hydrogen) atoms. The third-order valence-electron chi connectivity index (χ3n) is 3.20. The summed E-state index contributed by atoms with van der Waals surface area (Å²) in [6.07, 6.45) is 0.610. The molecule has 1 fully saturated rings.